The second kappa shape index (κ2) is 6.56. The molecule has 0 spiro atoms. The van der Waals surface area contributed by atoms with Crippen molar-refractivity contribution in [2.45, 2.75) is 45.2 Å². The zero-order valence-electron chi connectivity index (χ0n) is 10.3. The van der Waals surface area contributed by atoms with Crippen LogP contribution in [0.5, 0.6) is 0 Å². The van der Waals surface area contributed by atoms with Gasteiger partial charge in [-0.2, -0.15) is 0 Å². The van der Waals surface area contributed by atoms with Crippen molar-refractivity contribution in [1.82, 2.24) is 0 Å². The van der Waals surface area contributed by atoms with Gasteiger partial charge < -0.3 is 18.9 Å². The van der Waals surface area contributed by atoms with Gasteiger partial charge in [0.25, 0.3) is 0 Å². The van der Waals surface area contributed by atoms with Crippen molar-refractivity contribution in [1.29, 1.82) is 0 Å². The molecule has 0 saturated carbocycles. The normalized spacial score (nSPS) is 28.5. The summed E-state index contributed by atoms with van der Waals surface area (Å²) in [6.07, 6.45) is 0.00157. The molecule has 0 unspecified atom stereocenters. The quantitative estimate of drug-likeness (QED) is 0.678. The molecule has 0 radical (unpaired) electrons. The van der Waals surface area contributed by atoms with Crippen LogP contribution in [0, 0.1) is 0 Å². The molecule has 1 heterocycles. The third-order valence-corrected chi connectivity index (χ3v) is 2.39. The minimum absolute atomic E-state index is 0.146. The van der Waals surface area contributed by atoms with E-state index in [-0.39, 0.29) is 30.8 Å². The van der Waals surface area contributed by atoms with E-state index < -0.39 is 6.29 Å². The highest BCUT2D eigenvalue weighted by Crippen LogP contribution is 2.23. The van der Waals surface area contributed by atoms with Crippen LogP contribution in [-0.2, 0) is 28.5 Å². The Kier molecular flexibility index (Phi) is 5.37. The van der Waals surface area contributed by atoms with Crippen LogP contribution in [0.3, 0.4) is 0 Å². The lowest BCUT2D eigenvalue weighted by Crippen LogP contribution is -2.40. The smallest absolute Gasteiger partial charge is 0.302 e. The molecule has 0 amide bonds. The van der Waals surface area contributed by atoms with Gasteiger partial charge in [-0.15, -0.1) is 0 Å². The summed E-state index contributed by atoms with van der Waals surface area (Å²) in [6.45, 7) is 2.84. The highest BCUT2D eigenvalue weighted by atomic mass is 16.7. The van der Waals surface area contributed by atoms with Crippen LogP contribution in [0.4, 0.5) is 0 Å². The second-order valence-corrected chi connectivity index (χ2v) is 3.93. The molecule has 6 nitrogen and oxygen atoms in total. The Morgan fingerprint density at radius 1 is 1.24 bits per heavy atom. The van der Waals surface area contributed by atoms with E-state index in [1.165, 1.54) is 21.0 Å². The molecule has 6 heteroatoms. The van der Waals surface area contributed by atoms with Gasteiger partial charge in [-0.1, -0.05) is 0 Å². The fourth-order valence-corrected chi connectivity index (χ4v) is 1.73. The van der Waals surface area contributed by atoms with Crippen molar-refractivity contribution in [2.75, 3.05) is 13.7 Å². The maximum atomic E-state index is 10.9. The average molecular weight is 246 g/mol. The highest BCUT2D eigenvalue weighted by molar-refractivity contribution is 5.66. The summed E-state index contributed by atoms with van der Waals surface area (Å²) < 4.78 is 20.6. The third-order valence-electron chi connectivity index (χ3n) is 2.39. The second-order valence-electron chi connectivity index (χ2n) is 3.93. The Morgan fingerprint density at radius 3 is 2.47 bits per heavy atom. The zero-order valence-corrected chi connectivity index (χ0v) is 10.3. The molecule has 98 valence electrons. The molecule has 1 saturated heterocycles. The van der Waals surface area contributed by atoms with Gasteiger partial charge in [0.15, 0.2) is 6.29 Å². The lowest BCUT2D eigenvalue weighted by Gasteiger charge is -2.33. The van der Waals surface area contributed by atoms with Gasteiger partial charge >= 0.3 is 11.9 Å². The van der Waals surface area contributed by atoms with Gasteiger partial charge in [0, 0.05) is 33.8 Å². The highest BCUT2D eigenvalue weighted by Gasteiger charge is 2.31. The minimum atomic E-state index is -0.436. The van der Waals surface area contributed by atoms with E-state index in [0.29, 0.717) is 12.8 Å². The predicted octanol–water partition coefficient (Wildman–Crippen LogP) is 0.633. The molecule has 0 N–H and O–H groups in total. The topological polar surface area (TPSA) is 71.1 Å². The van der Waals surface area contributed by atoms with E-state index in [1.54, 1.807) is 0 Å². The van der Waals surface area contributed by atoms with E-state index in [9.17, 15) is 9.59 Å². The third kappa shape index (κ3) is 5.14. The molecule has 3 atom stereocenters. The van der Waals surface area contributed by atoms with Crippen molar-refractivity contribution in [2.24, 2.45) is 0 Å². The van der Waals surface area contributed by atoms with Crippen molar-refractivity contribution in [3.63, 3.8) is 0 Å². The van der Waals surface area contributed by atoms with E-state index in [0.717, 1.165) is 0 Å². The molecule has 1 fully saturated rings. The van der Waals surface area contributed by atoms with Crippen molar-refractivity contribution in [3.05, 3.63) is 0 Å². The maximum absolute atomic E-state index is 10.9. The minimum Gasteiger partial charge on any atom is -0.463 e. The number of methoxy groups -OCH3 is 1. The summed E-state index contributed by atoms with van der Waals surface area (Å²) in [6, 6.07) is 0. The first-order valence-corrected chi connectivity index (χ1v) is 5.50. The first kappa shape index (κ1) is 13.9. The lowest BCUT2D eigenvalue weighted by atomic mass is 10.1. The molecule has 0 bridgehead atoms. The van der Waals surface area contributed by atoms with Crippen molar-refractivity contribution >= 4 is 11.9 Å². The Morgan fingerprint density at radius 2 is 1.94 bits per heavy atom. The molecule has 1 aliphatic heterocycles. The average Bonchev–Trinajstić information content (AvgIpc) is 2.25. The van der Waals surface area contributed by atoms with Crippen LogP contribution in [0.1, 0.15) is 26.7 Å². The van der Waals surface area contributed by atoms with Gasteiger partial charge in [-0.3, -0.25) is 9.59 Å². The van der Waals surface area contributed by atoms with Gasteiger partial charge in [-0.05, 0) is 0 Å². The molecule has 0 aliphatic carbocycles. The summed E-state index contributed by atoms with van der Waals surface area (Å²) in [5.41, 5.74) is 0. The molecule has 0 aromatic carbocycles. The fourth-order valence-electron chi connectivity index (χ4n) is 1.73. The van der Waals surface area contributed by atoms with E-state index in [1.807, 2.05) is 0 Å². The molecule has 1 rings (SSSR count). The fraction of sp³-hybridized carbons (Fsp3) is 0.818. The van der Waals surface area contributed by atoms with Crippen LogP contribution in [0.25, 0.3) is 0 Å². The molecule has 0 aromatic heterocycles. The number of hydrogen-bond acceptors (Lipinski definition) is 6. The lowest BCUT2D eigenvalue weighted by molar-refractivity contribution is -0.220. The molecular formula is C11H18O6. The number of hydrogen-bond donors (Lipinski definition) is 0. The number of rotatable bonds is 4. The standard InChI is InChI=1S/C11H18O6/c1-7(12)15-6-10-4-9(16-8(2)13)5-11(14-3)17-10/h9-11H,4-6H2,1-3H3/t9-,10+,11-/m1/s1. The van der Waals surface area contributed by atoms with Gasteiger partial charge in [0.1, 0.15) is 12.7 Å². The Balaban J connectivity index is 2.47. The molecule has 17 heavy (non-hydrogen) atoms. The number of carbonyl (C=O) groups excluding carboxylic acids is 2. The van der Waals surface area contributed by atoms with E-state index in [2.05, 4.69) is 0 Å². The predicted molar refractivity (Wildman–Crippen MR) is 57.1 cm³/mol. The van der Waals surface area contributed by atoms with Crippen molar-refractivity contribution < 1.29 is 28.5 Å². The van der Waals surface area contributed by atoms with E-state index in [4.69, 9.17) is 18.9 Å². The Bertz CT molecular complexity index is 277. The molecular weight excluding hydrogens is 228 g/mol. The largest absolute Gasteiger partial charge is 0.463 e. The van der Waals surface area contributed by atoms with Gasteiger partial charge in [0.2, 0.25) is 0 Å². The summed E-state index contributed by atoms with van der Waals surface area (Å²) in [5.74, 6) is -0.699. The van der Waals surface area contributed by atoms with E-state index >= 15 is 0 Å². The maximum Gasteiger partial charge on any atom is 0.302 e. The van der Waals surface area contributed by atoms with Gasteiger partial charge in [-0.25, -0.2) is 0 Å². The van der Waals surface area contributed by atoms with Crippen LogP contribution >= 0.6 is 0 Å². The summed E-state index contributed by atoms with van der Waals surface area (Å²) in [4.78, 5) is 21.6. The van der Waals surface area contributed by atoms with Crippen LogP contribution in [-0.4, -0.2) is 44.2 Å². The SMILES string of the molecule is CO[C@H]1C[C@H](OC(C)=O)C[C@@H](COC(C)=O)O1. The Hall–Kier alpha value is -1.14. The molecule has 0 aromatic rings. The van der Waals surface area contributed by atoms with Crippen LogP contribution < -0.4 is 0 Å². The van der Waals surface area contributed by atoms with Crippen molar-refractivity contribution in [3.8, 4) is 0 Å². The van der Waals surface area contributed by atoms with Crippen LogP contribution in [0.2, 0.25) is 0 Å². The zero-order chi connectivity index (χ0) is 12.8. The summed E-state index contributed by atoms with van der Waals surface area (Å²) >= 11 is 0. The Labute approximate surface area is 100 Å². The number of esters is 2. The van der Waals surface area contributed by atoms with Crippen LogP contribution in [0.15, 0.2) is 0 Å². The van der Waals surface area contributed by atoms with Gasteiger partial charge in [0.05, 0.1) is 6.10 Å². The number of ether oxygens (including phenoxy) is 4. The monoisotopic (exact) mass is 246 g/mol. The molecule has 1 aliphatic rings. The number of carbonyl (C=O) groups is 2. The summed E-state index contributed by atoms with van der Waals surface area (Å²) in [7, 11) is 1.52. The first-order chi connectivity index (χ1) is 8.01. The first-order valence-electron chi connectivity index (χ1n) is 5.50. The summed E-state index contributed by atoms with van der Waals surface area (Å²) in [5, 5.41) is 0.